The van der Waals surface area contributed by atoms with Crippen molar-refractivity contribution >= 4 is 33.8 Å². The molecule has 0 spiro atoms. The van der Waals surface area contributed by atoms with Crippen LogP contribution in [-0.4, -0.2) is 59.3 Å². The van der Waals surface area contributed by atoms with Crippen LogP contribution in [0.25, 0.3) is 27.9 Å². The van der Waals surface area contributed by atoms with E-state index >= 15 is 0 Å². The molecule has 4 aromatic heterocycles. The summed E-state index contributed by atoms with van der Waals surface area (Å²) in [5, 5.41) is 39.7. The first-order valence-corrected chi connectivity index (χ1v) is 11.3. The van der Waals surface area contributed by atoms with Crippen molar-refractivity contribution in [1.82, 2.24) is 35.3 Å². The molecule has 186 valence electrons. The first kappa shape index (κ1) is 23.8. The summed E-state index contributed by atoms with van der Waals surface area (Å²) in [7, 11) is 0. The molecule has 4 N–H and O–H groups in total. The third kappa shape index (κ3) is 4.80. The maximum absolute atomic E-state index is 14.3. The molecule has 0 bridgehead atoms. The second-order valence-corrected chi connectivity index (χ2v) is 9.03. The minimum Gasteiger partial charge on any atom is -0.387 e. The van der Waals surface area contributed by atoms with Crippen molar-refractivity contribution in [3.8, 4) is 17.5 Å². The van der Waals surface area contributed by atoms with Crippen LogP contribution in [0.3, 0.4) is 0 Å². The number of nitrogens with zero attached hydrogens (tertiary/aromatic N) is 6. The Balaban J connectivity index is 1.52. The minimum atomic E-state index is -1.66. The maximum atomic E-state index is 14.3. The van der Waals surface area contributed by atoms with Gasteiger partial charge in [0.15, 0.2) is 0 Å². The summed E-state index contributed by atoms with van der Waals surface area (Å²) in [4.78, 5) is 17.5. The monoisotopic (exact) mass is 499 g/mol. The number of aliphatic hydroxyl groups is 1. The van der Waals surface area contributed by atoms with Crippen molar-refractivity contribution < 1.29 is 14.3 Å². The van der Waals surface area contributed by atoms with E-state index in [0.29, 0.717) is 39.4 Å². The number of nitriles is 1. The van der Waals surface area contributed by atoms with Crippen molar-refractivity contribution in [1.29, 1.82) is 5.26 Å². The van der Waals surface area contributed by atoms with E-state index < -0.39 is 17.7 Å². The molecule has 0 aliphatic rings. The van der Waals surface area contributed by atoms with Gasteiger partial charge in [-0.05, 0) is 56.3 Å². The number of rotatable bonds is 7. The highest BCUT2D eigenvalue weighted by Gasteiger charge is 2.27. The normalized spacial score (nSPS) is 12.4. The van der Waals surface area contributed by atoms with E-state index in [9.17, 15) is 14.3 Å². The molecule has 1 atom stereocenters. The number of carbonyl (C=O) groups is 1. The predicted molar refractivity (Wildman–Crippen MR) is 134 cm³/mol. The van der Waals surface area contributed by atoms with Gasteiger partial charge in [0.1, 0.15) is 17.8 Å². The van der Waals surface area contributed by atoms with Crippen molar-refractivity contribution in [3.63, 3.8) is 0 Å². The lowest BCUT2D eigenvalue weighted by Crippen LogP contribution is -2.42. The number of aromatic nitrogens is 6. The summed E-state index contributed by atoms with van der Waals surface area (Å²) in [5.74, 6) is -0.562. The lowest BCUT2D eigenvalue weighted by molar-refractivity contribution is -0.00177. The molecule has 5 aromatic rings. The van der Waals surface area contributed by atoms with Crippen LogP contribution in [0.1, 0.15) is 29.8 Å². The Labute approximate surface area is 210 Å². The molecule has 0 unspecified atom stereocenters. The zero-order chi connectivity index (χ0) is 26.2. The third-order valence-corrected chi connectivity index (χ3v) is 5.85. The summed E-state index contributed by atoms with van der Waals surface area (Å²) < 4.78 is 15.9. The summed E-state index contributed by atoms with van der Waals surface area (Å²) in [6, 6.07) is 14.5. The van der Waals surface area contributed by atoms with E-state index in [0.717, 1.165) is 5.52 Å². The van der Waals surface area contributed by atoms with E-state index in [-0.39, 0.29) is 12.1 Å². The van der Waals surface area contributed by atoms with Gasteiger partial charge in [0.2, 0.25) is 0 Å². The molecule has 1 amide bonds. The van der Waals surface area contributed by atoms with E-state index in [4.69, 9.17) is 5.26 Å². The van der Waals surface area contributed by atoms with E-state index in [1.165, 1.54) is 26.2 Å². The van der Waals surface area contributed by atoms with Gasteiger partial charge < -0.3 is 15.7 Å². The first-order chi connectivity index (χ1) is 17.7. The molecule has 1 aromatic carbocycles. The number of H-pyrrole nitrogens is 1. The molecule has 0 radical (unpaired) electrons. The minimum absolute atomic E-state index is 0.174. The van der Waals surface area contributed by atoms with Crippen LogP contribution < -0.4 is 10.6 Å². The lowest BCUT2D eigenvalue weighted by Gasteiger charge is -2.22. The molecule has 0 saturated carbocycles. The highest BCUT2D eigenvalue weighted by molar-refractivity contribution is 6.01. The molecule has 0 aliphatic heterocycles. The second-order valence-electron chi connectivity index (χ2n) is 9.03. The summed E-state index contributed by atoms with van der Waals surface area (Å²) in [6.07, 6.45) is 1.19. The fraction of sp³-hybridized carbons (Fsp3) is 0.200. The number of pyridine rings is 1. The quantitative estimate of drug-likeness (QED) is 0.266. The highest BCUT2D eigenvalue weighted by Crippen LogP contribution is 2.28. The molecule has 4 heterocycles. The van der Waals surface area contributed by atoms with Crippen LogP contribution in [0.4, 0.5) is 15.8 Å². The molecule has 12 heteroatoms. The number of fused-ring (bicyclic) bond motifs is 2. The largest absolute Gasteiger partial charge is 0.387 e. The van der Waals surface area contributed by atoms with E-state index in [1.807, 2.05) is 12.1 Å². The summed E-state index contributed by atoms with van der Waals surface area (Å²) >= 11 is 0. The Morgan fingerprint density at radius 1 is 1.24 bits per heavy atom. The second kappa shape index (κ2) is 9.29. The number of benzene rings is 1. The number of aromatic amines is 1. The number of anilines is 2. The molecule has 0 fully saturated rings. The average molecular weight is 500 g/mol. The maximum Gasteiger partial charge on any atom is 0.255 e. The fourth-order valence-electron chi connectivity index (χ4n) is 3.74. The number of carbonyl (C=O) groups excluding carboxylic acids is 1. The van der Waals surface area contributed by atoms with Crippen molar-refractivity contribution in [2.75, 3.05) is 11.9 Å². The van der Waals surface area contributed by atoms with Crippen molar-refractivity contribution in [3.05, 3.63) is 66.0 Å². The van der Waals surface area contributed by atoms with Gasteiger partial charge in [-0.1, -0.05) is 5.21 Å². The number of amides is 1. The fourth-order valence-corrected chi connectivity index (χ4v) is 3.74. The highest BCUT2D eigenvalue weighted by atomic mass is 19.1. The van der Waals surface area contributed by atoms with Crippen molar-refractivity contribution in [2.24, 2.45) is 0 Å². The summed E-state index contributed by atoms with van der Waals surface area (Å²) in [6.45, 7) is 2.30. The molecule has 0 aliphatic carbocycles. The van der Waals surface area contributed by atoms with Crippen LogP contribution in [-0.2, 0) is 0 Å². The van der Waals surface area contributed by atoms with Gasteiger partial charge in [-0.15, -0.1) is 5.10 Å². The van der Waals surface area contributed by atoms with Gasteiger partial charge in [0, 0.05) is 11.9 Å². The van der Waals surface area contributed by atoms with Gasteiger partial charge >= 0.3 is 0 Å². The topological polar surface area (TPSA) is 157 Å². The standard InChI is InChI=1S/C25H22FN9O2/c1-25(2,37)23(26)13-29-24(36)17-12-28-21(22-6-4-16-7-14(10-27)11-30-35(16)22)9-19(17)31-15-3-5-18-20(8-15)33-34-32-18/h3-9,11-12,23,37H,13H2,1-2H3,(H,28,31)(H,29,36)(H,32,33,34)/t23-/m1/s1. The first-order valence-electron chi connectivity index (χ1n) is 11.3. The number of hydrogen-bond donors (Lipinski definition) is 4. The average Bonchev–Trinajstić information content (AvgIpc) is 3.52. The smallest absolute Gasteiger partial charge is 0.255 e. The van der Waals surface area contributed by atoms with Gasteiger partial charge in [-0.3, -0.25) is 14.9 Å². The zero-order valence-corrected chi connectivity index (χ0v) is 19.9. The molecule has 11 nitrogen and oxygen atoms in total. The van der Waals surface area contributed by atoms with E-state index in [1.54, 1.807) is 34.8 Å². The van der Waals surface area contributed by atoms with Gasteiger partial charge in [0.25, 0.3) is 5.91 Å². The zero-order valence-electron chi connectivity index (χ0n) is 19.9. The third-order valence-electron chi connectivity index (χ3n) is 5.85. The Bertz CT molecular complexity index is 1660. The Hall–Kier alpha value is -4.89. The Morgan fingerprint density at radius 3 is 2.86 bits per heavy atom. The molecule has 5 rings (SSSR count). The van der Waals surface area contributed by atoms with Crippen molar-refractivity contribution in [2.45, 2.75) is 25.6 Å². The number of alkyl halides is 1. The Kier molecular flexibility index (Phi) is 5.98. The van der Waals surface area contributed by atoms with Gasteiger partial charge in [-0.2, -0.15) is 10.4 Å². The van der Waals surface area contributed by atoms with Crippen LogP contribution in [0.5, 0.6) is 0 Å². The summed E-state index contributed by atoms with van der Waals surface area (Å²) in [5.41, 5.74) is 3.31. The lowest BCUT2D eigenvalue weighted by atomic mass is 10.0. The number of hydrogen-bond acceptors (Lipinski definition) is 8. The predicted octanol–water partition coefficient (Wildman–Crippen LogP) is 3.12. The van der Waals surface area contributed by atoms with Crippen LogP contribution >= 0.6 is 0 Å². The van der Waals surface area contributed by atoms with E-state index in [2.05, 4.69) is 42.2 Å². The molecular weight excluding hydrogens is 477 g/mol. The molecular formula is C25H22FN9O2. The molecule has 0 saturated heterocycles. The van der Waals surface area contributed by atoms with Crippen LogP contribution in [0.15, 0.2) is 54.9 Å². The Morgan fingerprint density at radius 2 is 2.08 bits per heavy atom. The van der Waals surface area contributed by atoms with Gasteiger partial charge in [0.05, 0.1) is 57.6 Å². The molecule has 37 heavy (non-hydrogen) atoms. The number of nitrogens with one attached hydrogen (secondary N) is 3. The van der Waals surface area contributed by atoms with Crippen LogP contribution in [0, 0.1) is 11.3 Å². The van der Waals surface area contributed by atoms with Crippen LogP contribution in [0.2, 0.25) is 0 Å². The number of halogens is 1. The SMILES string of the molecule is CC(C)(O)[C@H](F)CNC(=O)c1cnc(-c2ccc3cc(C#N)cnn23)cc1Nc1ccc2[nH]nnc2c1. The van der Waals surface area contributed by atoms with Gasteiger partial charge in [-0.25, -0.2) is 8.91 Å².